The highest BCUT2D eigenvalue weighted by Gasteiger charge is 2.55. The van der Waals surface area contributed by atoms with Crippen molar-refractivity contribution < 1.29 is 34.0 Å². The van der Waals surface area contributed by atoms with Crippen LogP contribution in [0.4, 0.5) is 4.79 Å². The van der Waals surface area contributed by atoms with Gasteiger partial charge in [-0.2, -0.15) is 0 Å². The van der Waals surface area contributed by atoms with Crippen LogP contribution in [0.2, 0.25) is 0 Å². The average molecular weight is 374 g/mol. The summed E-state index contributed by atoms with van der Waals surface area (Å²) in [4.78, 5) is 24.8. The molecule has 2 rings (SSSR count). The quantitative estimate of drug-likeness (QED) is 0.645. The fourth-order valence-corrected chi connectivity index (χ4v) is 3.85. The Balaban J connectivity index is 2.24. The number of nitrogens with zero attached hydrogens (tertiary/aromatic N) is 1. The number of ether oxygens (including phenoxy) is 3. The second kappa shape index (κ2) is 8.08. The van der Waals surface area contributed by atoms with Crippen LogP contribution in [0.15, 0.2) is 0 Å². The number of carbonyl (C=O) groups is 2. The van der Waals surface area contributed by atoms with E-state index in [1.54, 1.807) is 0 Å². The van der Waals surface area contributed by atoms with Crippen LogP contribution in [0.25, 0.3) is 0 Å². The minimum absolute atomic E-state index is 0.0700. The van der Waals surface area contributed by atoms with Gasteiger partial charge in [-0.25, -0.2) is 4.79 Å². The Morgan fingerprint density at radius 3 is 2.31 bits per heavy atom. The van der Waals surface area contributed by atoms with E-state index >= 15 is 0 Å². The highest BCUT2D eigenvalue weighted by Crippen LogP contribution is 2.39. The van der Waals surface area contributed by atoms with E-state index in [9.17, 15) is 19.8 Å². The van der Waals surface area contributed by atoms with Gasteiger partial charge in [-0.05, 0) is 26.2 Å². The lowest BCUT2D eigenvalue weighted by Gasteiger charge is -2.41. The molecule has 0 aromatic heterocycles. The normalized spacial score (nSPS) is 34.7. The molecule has 0 saturated carbocycles. The molecule has 0 aromatic rings. The minimum atomic E-state index is -1.23. The Morgan fingerprint density at radius 2 is 1.85 bits per heavy atom. The van der Waals surface area contributed by atoms with Gasteiger partial charge in [-0.15, -0.1) is 0 Å². The van der Waals surface area contributed by atoms with E-state index in [-0.39, 0.29) is 31.1 Å². The van der Waals surface area contributed by atoms with E-state index in [1.165, 1.54) is 12.0 Å². The smallest absolute Gasteiger partial charge is 0.407 e. The molecule has 150 valence electrons. The molecular weight excluding hydrogens is 344 g/mol. The number of carboxylic acid groups (broad SMARTS) is 1. The predicted octanol–water partition coefficient (Wildman–Crippen LogP) is 0.754. The van der Waals surface area contributed by atoms with Crippen molar-refractivity contribution in [3.63, 3.8) is 0 Å². The average Bonchev–Trinajstić information content (AvgIpc) is 2.89. The molecule has 0 aliphatic carbocycles. The zero-order valence-electron chi connectivity index (χ0n) is 16.0. The first kappa shape index (κ1) is 20.9. The van der Waals surface area contributed by atoms with E-state index in [0.717, 1.165) is 6.42 Å². The molecule has 9 heteroatoms. The number of hydrogen-bond acceptors (Lipinski definition) is 7. The van der Waals surface area contributed by atoms with Crippen molar-refractivity contribution in [3.8, 4) is 0 Å². The summed E-state index contributed by atoms with van der Waals surface area (Å²) < 4.78 is 16.5. The predicted molar refractivity (Wildman–Crippen MR) is 91.4 cm³/mol. The van der Waals surface area contributed by atoms with Gasteiger partial charge in [-0.1, -0.05) is 13.8 Å². The second-order valence-electron chi connectivity index (χ2n) is 7.55. The van der Waals surface area contributed by atoms with Gasteiger partial charge in [0.1, 0.15) is 12.3 Å². The number of carbonyl (C=O) groups excluding carboxylic acids is 1. The molecule has 2 aliphatic heterocycles. The summed E-state index contributed by atoms with van der Waals surface area (Å²) in [5.74, 6) is -2.30. The van der Waals surface area contributed by atoms with Gasteiger partial charge in [0.05, 0.1) is 31.9 Å². The number of amides is 1. The largest absolute Gasteiger partial charge is 0.480 e. The molecule has 0 radical (unpaired) electrons. The van der Waals surface area contributed by atoms with Crippen molar-refractivity contribution in [2.24, 2.45) is 5.92 Å². The zero-order valence-corrected chi connectivity index (χ0v) is 16.0. The number of likely N-dealkylation sites (tertiary alicyclic amines) is 1. The van der Waals surface area contributed by atoms with Gasteiger partial charge in [0.15, 0.2) is 5.79 Å². The number of carboxylic acids is 1. The third kappa shape index (κ3) is 4.46. The molecule has 1 spiro atoms. The summed E-state index contributed by atoms with van der Waals surface area (Å²) in [6.45, 7) is 7.59. The molecule has 2 fully saturated rings. The second-order valence-corrected chi connectivity index (χ2v) is 7.55. The first-order valence-electron chi connectivity index (χ1n) is 8.95. The molecule has 1 amide bonds. The topological polar surface area (TPSA) is 118 Å². The van der Waals surface area contributed by atoms with Crippen molar-refractivity contribution in [3.05, 3.63) is 0 Å². The lowest BCUT2D eigenvalue weighted by molar-refractivity contribution is -0.305. The molecular formula is C17H30N2O7. The molecule has 0 aromatic carbocycles. The van der Waals surface area contributed by atoms with Gasteiger partial charge < -0.3 is 29.7 Å². The number of alkyl carbamates (subject to hydrolysis) is 1. The van der Waals surface area contributed by atoms with Crippen LogP contribution in [0.5, 0.6) is 0 Å². The van der Waals surface area contributed by atoms with E-state index in [2.05, 4.69) is 10.1 Å². The zero-order chi connectivity index (χ0) is 19.6. The van der Waals surface area contributed by atoms with Crippen molar-refractivity contribution in [2.45, 2.75) is 76.8 Å². The van der Waals surface area contributed by atoms with Gasteiger partial charge in [0, 0.05) is 6.42 Å². The Bertz CT molecular complexity index is 517. The lowest BCUT2D eigenvalue weighted by Crippen LogP contribution is -2.57. The van der Waals surface area contributed by atoms with Crippen molar-refractivity contribution in [1.82, 2.24) is 10.2 Å². The summed E-state index contributed by atoms with van der Waals surface area (Å²) in [5, 5.41) is 23.1. The fourth-order valence-electron chi connectivity index (χ4n) is 3.85. The molecule has 5 unspecified atom stereocenters. The number of aliphatic hydroxyl groups excluding tert-OH is 1. The summed E-state index contributed by atoms with van der Waals surface area (Å²) in [5.41, 5.74) is 0. The van der Waals surface area contributed by atoms with Crippen LogP contribution < -0.4 is 5.32 Å². The van der Waals surface area contributed by atoms with Crippen molar-refractivity contribution in [1.29, 1.82) is 0 Å². The summed E-state index contributed by atoms with van der Waals surface area (Å²) in [6.07, 6.45) is -1.22. The molecule has 3 N–H and O–H groups in total. The van der Waals surface area contributed by atoms with Gasteiger partial charge >= 0.3 is 12.1 Å². The lowest BCUT2D eigenvalue weighted by atomic mass is 10.0. The van der Waals surface area contributed by atoms with Crippen LogP contribution in [-0.2, 0) is 19.0 Å². The Morgan fingerprint density at radius 1 is 1.27 bits per heavy atom. The molecule has 2 aliphatic rings. The molecule has 5 atom stereocenters. The molecule has 9 nitrogen and oxygen atoms in total. The molecule has 26 heavy (non-hydrogen) atoms. The SMILES string of the molecule is COC(=O)NC(C(C)C)C(O)N1CC2(CC1C(=O)O)OC(C)CC(C)O2. The highest BCUT2D eigenvalue weighted by atomic mass is 16.7. The third-order valence-corrected chi connectivity index (χ3v) is 4.96. The first-order chi connectivity index (χ1) is 12.1. The van der Waals surface area contributed by atoms with Crippen LogP contribution in [0, 0.1) is 5.92 Å². The van der Waals surface area contributed by atoms with E-state index in [4.69, 9.17) is 9.47 Å². The number of rotatable bonds is 5. The fraction of sp³-hybridized carbons (Fsp3) is 0.882. The number of aliphatic carboxylic acids is 1. The van der Waals surface area contributed by atoms with Crippen molar-refractivity contribution >= 4 is 12.1 Å². The van der Waals surface area contributed by atoms with E-state index < -0.39 is 36.2 Å². The van der Waals surface area contributed by atoms with Crippen LogP contribution in [0.1, 0.15) is 40.5 Å². The van der Waals surface area contributed by atoms with Gasteiger partial charge in [0.2, 0.25) is 0 Å². The standard InChI is InChI=1S/C17H30N2O7/c1-9(2)13(18-16(23)24-5)14(20)19-8-17(7-12(19)15(21)22)25-10(3)6-11(4)26-17/h9-14,20H,6-8H2,1-5H3,(H,18,23)(H,21,22). The Kier molecular flexibility index (Phi) is 6.49. The summed E-state index contributed by atoms with van der Waals surface area (Å²) >= 11 is 0. The van der Waals surface area contributed by atoms with Crippen molar-refractivity contribution in [2.75, 3.05) is 13.7 Å². The molecule has 2 saturated heterocycles. The maximum Gasteiger partial charge on any atom is 0.407 e. The van der Waals surface area contributed by atoms with E-state index in [0.29, 0.717) is 0 Å². The Hall–Kier alpha value is -1.42. The highest BCUT2D eigenvalue weighted by molar-refractivity contribution is 5.74. The molecule has 2 heterocycles. The van der Waals surface area contributed by atoms with E-state index in [1.807, 2.05) is 27.7 Å². The van der Waals surface area contributed by atoms with Gasteiger partial charge in [-0.3, -0.25) is 9.69 Å². The maximum atomic E-state index is 11.8. The summed E-state index contributed by atoms with van der Waals surface area (Å²) in [7, 11) is 1.23. The first-order valence-corrected chi connectivity index (χ1v) is 8.95. The number of hydrogen-bond donors (Lipinski definition) is 3. The Labute approximate surface area is 153 Å². The van der Waals surface area contributed by atoms with Crippen LogP contribution in [-0.4, -0.2) is 77.1 Å². The number of methoxy groups -OCH3 is 1. The monoisotopic (exact) mass is 374 g/mol. The summed E-state index contributed by atoms with van der Waals surface area (Å²) in [6, 6.07) is -1.69. The number of aliphatic hydroxyl groups is 1. The number of nitrogens with one attached hydrogen (secondary N) is 1. The van der Waals surface area contributed by atoms with Crippen LogP contribution in [0.3, 0.4) is 0 Å². The maximum absolute atomic E-state index is 11.8. The van der Waals surface area contributed by atoms with Crippen LogP contribution >= 0.6 is 0 Å². The third-order valence-electron chi connectivity index (χ3n) is 4.96. The minimum Gasteiger partial charge on any atom is -0.480 e. The van der Waals surface area contributed by atoms with Gasteiger partial charge in [0.25, 0.3) is 0 Å². The molecule has 0 bridgehead atoms.